The van der Waals surface area contributed by atoms with Crippen molar-refractivity contribution in [2.75, 3.05) is 14.2 Å². The fourth-order valence-electron chi connectivity index (χ4n) is 4.09. The summed E-state index contributed by atoms with van der Waals surface area (Å²) < 4.78 is 16.6. The molecule has 0 N–H and O–H groups in total. The Morgan fingerprint density at radius 3 is 2.31 bits per heavy atom. The van der Waals surface area contributed by atoms with Gasteiger partial charge in [0.1, 0.15) is 17.2 Å². The quantitative estimate of drug-likeness (QED) is 0.507. The molecule has 0 amide bonds. The summed E-state index contributed by atoms with van der Waals surface area (Å²) in [5.74, 6) is 1.94. The molecule has 7 heteroatoms. The van der Waals surface area contributed by atoms with Crippen molar-refractivity contribution >= 4 is 23.1 Å². The van der Waals surface area contributed by atoms with E-state index in [0.29, 0.717) is 28.5 Å². The zero-order chi connectivity index (χ0) is 22.2. The van der Waals surface area contributed by atoms with Crippen molar-refractivity contribution in [1.82, 2.24) is 5.01 Å². The number of halogens is 1. The van der Waals surface area contributed by atoms with Crippen LogP contribution in [-0.4, -0.2) is 37.0 Å². The summed E-state index contributed by atoms with van der Waals surface area (Å²) in [7, 11) is 3.23. The van der Waals surface area contributed by atoms with Gasteiger partial charge in [-0.05, 0) is 72.3 Å². The van der Waals surface area contributed by atoms with Gasteiger partial charge in [0.05, 0.1) is 26.0 Å². The fourth-order valence-corrected chi connectivity index (χ4v) is 4.27. The summed E-state index contributed by atoms with van der Waals surface area (Å²) in [5.41, 5.74) is 3.30. The smallest absolute Gasteiger partial charge is 0.251 e. The van der Waals surface area contributed by atoms with Crippen LogP contribution >= 0.6 is 11.6 Å². The van der Waals surface area contributed by atoms with Gasteiger partial charge in [-0.2, -0.15) is 5.10 Å². The molecule has 5 rings (SSSR count). The molecule has 0 aliphatic carbocycles. The van der Waals surface area contributed by atoms with Crippen LogP contribution in [0.25, 0.3) is 0 Å². The number of hydrogen-bond donors (Lipinski definition) is 0. The van der Waals surface area contributed by atoms with Crippen molar-refractivity contribution < 1.29 is 19.0 Å². The average Bonchev–Trinajstić information content (AvgIpc) is 3.29. The normalized spacial score (nSPS) is 18.8. The van der Waals surface area contributed by atoms with Gasteiger partial charge in [0.2, 0.25) is 5.78 Å². The number of fused-ring (bicyclic) bond motifs is 3. The lowest BCUT2D eigenvalue weighted by molar-refractivity contribution is -0.00455. The first-order valence-electron chi connectivity index (χ1n) is 10.2. The molecule has 2 atom stereocenters. The molecule has 0 aromatic heterocycles. The number of ketones is 1. The molecule has 0 bridgehead atoms. The Balaban J connectivity index is 1.53. The Bertz CT molecular complexity index is 1190. The lowest BCUT2D eigenvalue weighted by Crippen LogP contribution is -2.45. The van der Waals surface area contributed by atoms with Crippen LogP contribution in [0.4, 0.5) is 0 Å². The molecular weight excluding hydrogens is 428 g/mol. The molecule has 0 saturated carbocycles. The number of hydrogen-bond acceptors (Lipinski definition) is 6. The first-order chi connectivity index (χ1) is 15.6. The summed E-state index contributed by atoms with van der Waals surface area (Å²) in [6.07, 6.45) is -0.243. The van der Waals surface area contributed by atoms with Crippen LogP contribution in [0.2, 0.25) is 5.02 Å². The third kappa shape index (κ3) is 3.56. The van der Waals surface area contributed by atoms with Gasteiger partial charge in [0, 0.05) is 22.6 Å². The molecule has 0 saturated heterocycles. The summed E-state index contributed by atoms with van der Waals surface area (Å²) in [6.45, 7) is 0. The Morgan fingerprint density at radius 2 is 1.66 bits per heavy atom. The molecule has 0 radical (unpaired) electrons. The van der Waals surface area contributed by atoms with E-state index < -0.39 is 6.23 Å². The number of carbonyl (C=O) groups excluding carboxylic acids is 1. The van der Waals surface area contributed by atoms with Crippen LogP contribution in [0.1, 0.15) is 33.9 Å². The second kappa shape index (κ2) is 8.20. The van der Waals surface area contributed by atoms with E-state index in [9.17, 15) is 4.79 Å². The number of nitrogens with zero attached hydrogens (tertiary/aromatic N) is 2. The van der Waals surface area contributed by atoms with Gasteiger partial charge < -0.3 is 14.2 Å². The Labute approximate surface area is 191 Å². The topological polar surface area (TPSA) is 60.4 Å². The van der Waals surface area contributed by atoms with Gasteiger partial charge >= 0.3 is 0 Å². The molecule has 0 spiro atoms. The van der Waals surface area contributed by atoms with Crippen molar-refractivity contribution in [3.05, 3.63) is 88.4 Å². The minimum Gasteiger partial charge on any atom is -0.497 e. The molecule has 162 valence electrons. The molecule has 3 aromatic carbocycles. The number of carbonyl (C=O) groups is 1. The van der Waals surface area contributed by atoms with Crippen molar-refractivity contribution in [3.8, 4) is 17.2 Å². The maximum Gasteiger partial charge on any atom is 0.251 e. The Hall–Kier alpha value is -3.51. The van der Waals surface area contributed by atoms with Crippen molar-refractivity contribution in [2.45, 2.75) is 18.7 Å². The zero-order valence-electron chi connectivity index (χ0n) is 17.6. The first kappa shape index (κ1) is 20.4. The van der Waals surface area contributed by atoms with Gasteiger partial charge in [-0.3, -0.25) is 4.79 Å². The van der Waals surface area contributed by atoms with E-state index in [4.69, 9.17) is 30.9 Å². The average molecular weight is 449 g/mol. The molecular formula is C25H21ClN2O4. The second-order valence-corrected chi connectivity index (χ2v) is 8.06. The molecule has 32 heavy (non-hydrogen) atoms. The number of benzene rings is 3. The molecule has 2 aliphatic heterocycles. The van der Waals surface area contributed by atoms with E-state index in [0.717, 1.165) is 22.6 Å². The summed E-state index contributed by atoms with van der Waals surface area (Å²) in [5, 5.41) is 7.19. The maximum atomic E-state index is 13.4. The zero-order valence-corrected chi connectivity index (χ0v) is 18.4. The molecule has 0 fully saturated rings. The highest BCUT2D eigenvalue weighted by atomic mass is 35.5. The van der Waals surface area contributed by atoms with E-state index in [1.807, 2.05) is 36.4 Å². The highest BCUT2D eigenvalue weighted by Gasteiger charge is 2.43. The van der Waals surface area contributed by atoms with Gasteiger partial charge in [-0.25, -0.2) is 5.01 Å². The van der Waals surface area contributed by atoms with Crippen LogP contribution in [-0.2, 0) is 0 Å². The SMILES string of the molecule is COc1ccc(C(=O)[C@H]2Oc3ccc(Cl)cc3[C@@H]3CC(c4ccc(OC)cc4)=NN23)cc1. The van der Waals surface area contributed by atoms with E-state index >= 15 is 0 Å². The number of rotatable bonds is 5. The van der Waals surface area contributed by atoms with Crippen molar-refractivity contribution in [3.63, 3.8) is 0 Å². The highest BCUT2D eigenvalue weighted by molar-refractivity contribution is 6.30. The number of ether oxygens (including phenoxy) is 3. The van der Waals surface area contributed by atoms with Gasteiger partial charge in [0.25, 0.3) is 6.23 Å². The highest BCUT2D eigenvalue weighted by Crippen LogP contribution is 2.44. The number of hydrazone groups is 1. The Morgan fingerprint density at radius 1 is 1.00 bits per heavy atom. The number of methoxy groups -OCH3 is 2. The van der Waals surface area contributed by atoms with Gasteiger partial charge in [-0.1, -0.05) is 11.6 Å². The predicted octanol–water partition coefficient (Wildman–Crippen LogP) is 5.11. The van der Waals surface area contributed by atoms with Crippen molar-refractivity contribution in [2.24, 2.45) is 5.10 Å². The van der Waals surface area contributed by atoms with Crippen molar-refractivity contribution in [1.29, 1.82) is 0 Å². The summed E-state index contributed by atoms with van der Waals surface area (Å²) in [4.78, 5) is 13.4. The molecule has 2 heterocycles. The largest absolute Gasteiger partial charge is 0.497 e. The van der Waals surface area contributed by atoms with Crippen LogP contribution < -0.4 is 14.2 Å². The number of Topliss-reactive ketones (excluding diaryl/α,β-unsaturated/α-hetero) is 1. The molecule has 3 aromatic rings. The molecule has 6 nitrogen and oxygen atoms in total. The predicted molar refractivity (Wildman–Crippen MR) is 122 cm³/mol. The second-order valence-electron chi connectivity index (χ2n) is 7.62. The van der Waals surface area contributed by atoms with E-state index in [1.54, 1.807) is 49.6 Å². The molecule has 2 aliphatic rings. The van der Waals surface area contributed by atoms with Crippen LogP contribution in [0.3, 0.4) is 0 Å². The third-order valence-corrected chi connectivity index (χ3v) is 6.01. The monoisotopic (exact) mass is 448 g/mol. The maximum absolute atomic E-state index is 13.4. The fraction of sp³-hybridized carbons (Fsp3) is 0.200. The van der Waals surface area contributed by atoms with Gasteiger partial charge in [0.15, 0.2) is 0 Å². The standard InChI is InChI=1S/C25H21ClN2O4/c1-30-18-8-3-15(4-9-18)21-14-22-20-13-17(26)7-12-23(20)32-25(28(22)27-21)24(29)16-5-10-19(31-2)11-6-16/h3-13,22,25H,14H2,1-2H3/t22-,25+/m0/s1. The minimum absolute atomic E-state index is 0.151. The third-order valence-electron chi connectivity index (χ3n) is 5.77. The lowest BCUT2D eigenvalue weighted by Gasteiger charge is -2.37. The first-order valence-corrected chi connectivity index (χ1v) is 10.6. The van der Waals surface area contributed by atoms with Crippen LogP contribution in [0.5, 0.6) is 17.2 Å². The van der Waals surface area contributed by atoms with E-state index in [2.05, 4.69) is 0 Å². The van der Waals surface area contributed by atoms with Crippen LogP contribution in [0.15, 0.2) is 71.8 Å². The summed E-state index contributed by atoms with van der Waals surface area (Å²) >= 11 is 6.27. The minimum atomic E-state index is -0.877. The van der Waals surface area contributed by atoms with Crippen LogP contribution in [0, 0.1) is 0 Å². The summed E-state index contributed by atoms with van der Waals surface area (Å²) in [6, 6.07) is 20.0. The van der Waals surface area contributed by atoms with Gasteiger partial charge in [-0.15, -0.1) is 0 Å². The Kier molecular flexibility index (Phi) is 5.23. The van der Waals surface area contributed by atoms with E-state index in [-0.39, 0.29) is 11.8 Å². The van der Waals surface area contributed by atoms with E-state index in [1.165, 1.54) is 0 Å². The molecule has 0 unspecified atom stereocenters. The lowest BCUT2D eigenvalue weighted by atomic mass is 9.95.